The molecule has 0 aliphatic carbocycles. The van der Waals surface area contributed by atoms with Crippen molar-refractivity contribution in [3.63, 3.8) is 0 Å². The maximum Gasteiger partial charge on any atom is 0.234 e. The lowest BCUT2D eigenvalue weighted by molar-refractivity contribution is -0.113. The van der Waals surface area contributed by atoms with Crippen molar-refractivity contribution in [2.24, 2.45) is 0 Å². The molecule has 2 aromatic rings. The number of unbranched alkanes of at least 4 members (excludes halogenated alkanes) is 1. The third-order valence-electron chi connectivity index (χ3n) is 3.54. The molecule has 0 bridgehead atoms. The Morgan fingerprint density at radius 2 is 2.04 bits per heavy atom. The highest BCUT2D eigenvalue weighted by Gasteiger charge is 2.10. The molecule has 1 aromatic heterocycles. The number of thioether (sulfide) groups is 1. The van der Waals surface area contributed by atoms with Gasteiger partial charge < -0.3 is 10.1 Å². The molecule has 0 aliphatic rings. The number of nitriles is 1. The van der Waals surface area contributed by atoms with Crippen LogP contribution in [0.5, 0.6) is 5.75 Å². The zero-order valence-electron chi connectivity index (χ0n) is 14.4. The van der Waals surface area contributed by atoms with E-state index in [1.165, 1.54) is 11.8 Å². The van der Waals surface area contributed by atoms with Crippen LogP contribution >= 0.6 is 11.8 Å². The highest BCUT2D eigenvalue weighted by Crippen LogP contribution is 2.22. The molecule has 0 radical (unpaired) electrons. The van der Waals surface area contributed by atoms with E-state index in [4.69, 9.17) is 4.74 Å². The molecule has 1 amide bonds. The van der Waals surface area contributed by atoms with Gasteiger partial charge in [0.15, 0.2) is 0 Å². The van der Waals surface area contributed by atoms with E-state index in [0.717, 1.165) is 30.7 Å². The van der Waals surface area contributed by atoms with Gasteiger partial charge in [0, 0.05) is 11.4 Å². The fourth-order valence-electron chi connectivity index (χ4n) is 2.18. The molecule has 0 saturated carbocycles. The third-order valence-corrected chi connectivity index (χ3v) is 4.53. The number of nitrogens with one attached hydrogen (secondary N) is 1. The maximum absolute atomic E-state index is 12.1. The number of benzene rings is 1. The summed E-state index contributed by atoms with van der Waals surface area (Å²) in [7, 11) is 1.60. The van der Waals surface area contributed by atoms with Gasteiger partial charge in [-0.2, -0.15) is 5.26 Å². The molecule has 0 spiro atoms. The van der Waals surface area contributed by atoms with E-state index in [1.54, 1.807) is 37.4 Å². The minimum absolute atomic E-state index is 0.139. The van der Waals surface area contributed by atoms with Gasteiger partial charge in [0.25, 0.3) is 0 Å². The Balaban J connectivity index is 1.96. The minimum atomic E-state index is -0.139. The van der Waals surface area contributed by atoms with Crippen molar-refractivity contribution >= 4 is 23.4 Å². The molecule has 25 heavy (non-hydrogen) atoms. The summed E-state index contributed by atoms with van der Waals surface area (Å²) in [4.78, 5) is 16.6. The zero-order valence-corrected chi connectivity index (χ0v) is 15.2. The Hall–Kier alpha value is -2.52. The molecule has 1 heterocycles. The van der Waals surface area contributed by atoms with Crippen LogP contribution in [0.15, 0.2) is 41.4 Å². The number of anilines is 1. The number of aryl methyl sites for hydroxylation is 1. The van der Waals surface area contributed by atoms with Crippen LogP contribution in [0.1, 0.15) is 31.0 Å². The number of carbonyl (C=O) groups excluding carboxylic acids is 1. The van der Waals surface area contributed by atoms with E-state index in [-0.39, 0.29) is 11.7 Å². The van der Waals surface area contributed by atoms with E-state index >= 15 is 0 Å². The van der Waals surface area contributed by atoms with Gasteiger partial charge in [-0.1, -0.05) is 25.1 Å². The topological polar surface area (TPSA) is 75.0 Å². The lowest BCUT2D eigenvalue weighted by Crippen LogP contribution is -2.14. The first-order chi connectivity index (χ1) is 12.2. The summed E-state index contributed by atoms with van der Waals surface area (Å²) in [6.07, 6.45) is 3.03. The molecule has 0 aliphatic heterocycles. The van der Waals surface area contributed by atoms with Crippen molar-refractivity contribution in [3.8, 4) is 11.8 Å². The molecule has 2 rings (SSSR count). The van der Waals surface area contributed by atoms with Crippen LogP contribution in [0.25, 0.3) is 0 Å². The summed E-state index contributed by atoms with van der Waals surface area (Å²) < 4.78 is 5.09. The normalized spacial score (nSPS) is 10.1. The van der Waals surface area contributed by atoms with Gasteiger partial charge in [-0.05, 0) is 49.2 Å². The Labute approximate surface area is 152 Å². The van der Waals surface area contributed by atoms with Crippen LogP contribution in [0, 0.1) is 11.3 Å². The monoisotopic (exact) mass is 355 g/mol. The second-order valence-corrected chi connectivity index (χ2v) is 6.40. The van der Waals surface area contributed by atoms with Crippen LogP contribution < -0.4 is 10.1 Å². The standard InChI is InChI=1S/C19H21N3O2S/c1-3-4-5-15-7-6-14(12-20)19(22-15)25-13-18(23)21-16-8-10-17(24-2)11-9-16/h6-11H,3-5,13H2,1-2H3,(H,21,23). The predicted molar refractivity (Wildman–Crippen MR) is 99.9 cm³/mol. The summed E-state index contributed by atoms with van der Waals surface area (Å²) >= 11 is 1.28. The summed E-state index contributed by atoms with van der Waals surface area (Å²) in [6, 6.07) is 12.9. The number of rotatable bonds is 8. The van der Waals surface area contributed by atoms with Crippen LogP contribution in [-0.2, 0) is 11.2 Å². The average Bonchev–Trinajstić information content (AvgIpc) is 2.65. The van der Waals surface area contributed by atoms with Crippen molar-refractivity contribution < 1.29 is 9.53 Å². The Morgan fingerprint density at radius 1 is 1.28 bits per heavy atom. The van der Waals surface area contributed by atoms with Gasteiger partial charge in [0.05, 0.1) is 18.4 Å². The summed E-state index contributed by atoms with van der Waals surface area (Å²) in [5.41, 5.74) is 2.16. The molecule has 0 unspecified atom stereocenters. The first-order valence-corrected chi connectivity index (χ1v) is 9.11. The Bertz CT molecular complexity index is 754. The van der Waals surface area contributed by atoms with Gasteiger partial charge in [-0.3, -0.25) is 4.79 Å². The minimum Gasteiger partial charge on any atom is -0.497 e. The van der Waals surface area contributed by atoms with Gasteiger partial charge in [0.2, 0.25) is 5.91 Å². The zero-order chi connectivity index (χ0) is 18.1. The van der Waals surface area contributed by atoms with Crippen LogP contribution in [0.3, 0.4) is 0 Å². The third kappa shape index (κ3) is 5.80. The van der Waals surface area contributed by atoms with Crippen LogP contribution in [0.2, 0.25) is 0 Å². The van der Waals surface area contributed by atoms with Gasteiger partial charge >= 0.3 is 0 Å². The van der Waals surface area contributed by atoms with Gasteiger partial charge in [-0.15, -0.1) is 0 Å². The molecule has 5 nitrogen and oxygen atoms in total. The van der Waals surface area contributed by atoms with Crippen molar-refractivity contribution in [2.75, 3.05) is 18.2 Å². The van der Waals surface area contributed by atoms with E-state index < -0.39 is 0 Å². The molecule has 6 heteroatoms. The first-order valence-electron chi connectivity index (χ1n) is 8.13. The number of carbonyl (C=O) groups is 1. The molecule has 0 saturated heterocycles. The second-order valence-electron chi connectivity index (χ2n) is 5.44. The number of hydrogen-bond donors (Lipinski definition) is 1. The van der Waals surface area contributed by atoms with Gasteiger partial charge in [-0.25, -0.2) is 4.98 Å². The Kier molecular flexibility index (Phi) is 7.30. The summed E-state index contributed by atoms with van der Waals surface area (Å²) in [5, 5.41) is 12.7. The number of hydrogen-bond acceptors (Lipinski definition) is 5. The highest BCUT2D eigenvalue weighted by atomic mass is 32.2. The lowest BCUT2D eigenvalue weighted by atomic mass is 10.2. The number of ether oxygens (including phenoxy) is 1. The molecule has 1 aromatic carbocycles. The Morgan fingerprint density at radius 3 is 2.68 bits per heavy atom. The van der Waals surface area contributed by atoms with E-state index in [2.05, 4.69) is 23.3 Å². The highest BCUT2D eigenvalue weighted by molar-refractivity contribution is 8.00. The number of amides is 1. The predicted octanol–water partition coefficient (Wildman–Crippen LogP) is 4.04. The largest absolute Gasteiger partial charge is 0.497 e. The molecule has 0 fully saturated rings. The number of pyridine rings is 1. The molecule has 0 atom stereocenters. The average molecular weight is 355 g/mol. The fourth-order valence-corrected chi connectivity index (χ4v) is 2.97. The number of aromatic nitrogens is 1. The number of methoxy groups -OCH3 is 1. The van der Waals surface area contributed by atoms with Gasteiger partial charge in [0.1, 0.15) is 16.8 Å². The quantitative estimate of drug-likeness (QED) is 0.724. The summed E-state index contributed by atoms with van der Waals surface area (Å²) in [6.45, 7) is 2.13. The fraction of sp³-hybridized carbons (Fsp3) is 0.316. The van der Waals surface area contributed by atoms with E-state index in [9.17, 15) is 10.1 Å². The summed E-state index contributed by atoms with van der Waals surface area (Å²) in [5.74, 6) is 0.796. The van der Waals surface area contributed by atoms with Crippen molar-refractivity contribution in [1.82, 2.24) is 4.98 Å². The van der Waals surface area contributed by atoms with E-state index in [0.29, 0.717) is 16.3 Å². The van der Waals surface area contributed by atoms with Crippen molar-refractivity contribution in [2.45, 2.75) is 31.2 Å². The molecule has 130 valence electrons. The molecular weight excluding hydrogens is 334 g/mol. The van der Waals surface area contributed by atoms with Crippen LogP contribution in [-0.4, -0.2) is 23.8 Å². The molecule has 1 N–H and O–H groups in total. The lowest BCUT2D eigenvalue weighted by Gasteiger charge is -2.08. The van der Waals surface area contributed by atoms with E-state index in [1.807, 2.05) is 6.07 Å². The smallest absolute Gasteiger partial charge is 0.234 e. The van der Waals surface area contributed by atoms with Crippen molar-refractivity contribution in [1.29, 1.82) is 5.26 Å². The maximum atomic E-state index is 12.1. The molecular formula is C19H21N3O2S. The van der Waals surface area contributed by atoms with Crippen LogP contribution in [0.4, 0.5) is 5.69 Å². The first kappa shape index (κ1) is 18.8. The number of nitrogens with zero attached hydrogens (tertiary/aromatic N) is 2. The second kappa shape index (κ2) is 9.70. The van der Waals surface area contributed by atoms with Crippen molar-refractivity contribution in [3.05, 3.63) is 47.7 Å². The SMILES string of the molecule is CCCCc1ccc(C#N)c(SCC(=O)Nc2ccc(OC)cc2)n1.